The van der Waals surface area contributed by atoms with Crippen LogP contribution >= 0.6 is 0 Å². The van der Waals surface area contributed by atoms with E-state index in [0.29, 0.717) is 43.9 Å². The third kappa shape index (κ3) is 5.04. The van der Waals surface area contributed by atoms with Gasteiger partial charge in [0.2, 0.25) is 10.0 Å². The number of halogens is 4. The summed E-state index contributed by atoms with van der Waals surface area (Å²) in [6, 6.07) is 9.71. The number of nitrogens with zero attached hydrogens (tertiary/aromatic N) is 2. The van der Waals surface area contributed by atoms with Gasteiger partial charge < -0.3 is 10.6 Å². The second kappa shape index (κ2) is 9.03. The lowest BCUT2D eigenvalue weighted by atomic mass is 9.85. The third-order valence-corrected chi connectivity index (χ3v) is 7.98. The smallest absolute Gasteiger partial charge is 0.368 e. The van der Waals surface area contributed by atoms with E-state index in [9.17, 15) is 26.0 Å². The number of piperidine rings is 1. The summed E-state index contributed by atoms with van der Waals surface area (Å²) >= 11 is 0. The van der Waals surface area contributed by atoms with Crippen LogP contribution in [0.4, 0.5) is 17.6 Å². The predicted molar refractivity (Wildman–Crippen MR) is 116 cm³/mol. The molecule has 2 aromatic carbocycles. The van der Waals surface area contributed by atoms with Gasteiger partial charge in [-0.3, -0.25) is 4.99 Å². The molecule has 178 valence electrons. The van der Waals surface area contributed by atoms with Gasteiger partial charge in [-0.15, -0.1) is 0 Å². The molecule has 2 heterocycles. The van der Waals surface area contributed by atoms with E-state index < -0.39 is 33.1 Å². The van der Waals surface area contributed by atoms with Crippen LogP contribution in [0, 0.1) is 5.82 Å². The molecular weight excluding hydrogens is 460 g/mol. The zero-order chi connectivity index (χ0) is 23.7. The molecule has 0 amide bonds. The molecule has 2 aliphatic rings. The summed E-state index contributed by atoms with van der Waals surface area (Å²) in [7, 11) is -3.74. The number of alkyl halides is 3. The average molecular weight is 485 g/mol. The van der Waals surface area contributed by atoms with E-state index in [-0.39, 0.29) is 18.0 Å². The van der Waals surface area contributed by atoms with Crippen molar-refractivity contribution >= 4 is 15.9 Å². The molecule has 0 aliphatic carbocycles. The highest BCUT2D eigenvalue weighted by molar-refractivity contribution is 7.89. The minimum atomic E-state index is -4.38. The zero-order valence-electron chi connectivity index (χ0n) is 17.7. The minimum absolute atomic E-state index is 0.0470. The highest BCUT2D eigenvalue weighted by atomic mass is 32.2. The van der Waals surface area contributed by atoms with Crippen LogP contribution in [0.1, 0.15) is 24.0 Å². The lowest BCUT2D eigenvalue weighted by Gasteiger charge is -2.44. The number of benzene rings is 2. The maximum absolute atomic E-state index is 13.2. The summed E-state index contributed by atoms with van der Waals surface area (Å²) in [5.74, 6) is 0.186. The van der Waals surface area contributed by atoms with Crippen LogP contribution in [-0.2, 0) is 22.7 Å². The van der Waals surface area contributed by atoms with Gasteiger partial charge in [-0.1, -0.05) is 12.1 Å². The van der Waals surface area contributed by atoms with E-state index in [1.54, 1.807) is 0 Å². The number of hydrogen-bond acceptors (Lipinski definition) is 5. The fraction of sp³-hybridized carbons (Fsp3) is 0.409. The Morgan fingerprint density at radius 1 is 1.03 bits per heavy atom. The predicted octanol–water partition coefficient (Wildman–Crippen LogP) is 3.16. The van der Waals surface area contributed by atoms with Gasteiger partial charge in [0.25, 0.3) is 0 Å². The van der Waals surface area contributed by atoms with Crippen molar-refractivity contribution in [2.24, 2.45) is 4.99 Å². The molecule has 2 aliphatic heterocycles. The normalized spacial score (nSPS) is 19.3. The van der Waals surface area contributed by atoms with E-state index >= 15 is 0 Å². The van der Waals surface area contributed by atoms with Crippen LogP contribution in [0.3, 0.4) is 0 Å². The molecule has 0 unspecified atom stereocenters. The Bertz CT molecular complexity index is 1110. The van der Waals surface area contributed by atoms with E-state index in [1.165, 1.54) is 28.6 Å². The lowest BCUT2D eigenvalue weighted by Crippen LogP contribution is -2.64. The van der Waals surface area contributed by atoms with Gasteiger partial charge in [-0.25, -0.2) is 12.8 Å². The first-order chi connectivity index (χ1) is 15.6. The molecule has 1 spiro atoms. The largest absolute Gasteiger partial charge is 0.416 e. The number of aliphatic imine (C=N–C) groups is 1. The second-order valence-electron chi connectivity index (χ2n) is 8.15. The van der Waals surface area contributed by atoms with Crippen molar-refractivity contribution in [2.75, 3.05) is 26.2 Å². The molecule has 0 aromatic heterocycles. The Morgan fingerprint density at radius 2 is 1.67 bits per heavy atom. The molecule has 0 saturated carbocycles. The van der Waals surface area contributed by atoms with Crippen molar-refractivity contribution in [3.05, 3.63) is 65.5 Å². The summed E-state index contributed by atoms with van der Waals surface area (Å²) in [6.07, 6.45) is -3.42. The fourth-order valence-electron chi connectivity index (χ4n) is 4.20. The van der Waals surface area contributed by atoms with Gasteiger partial charge in [0, 0.05) is 26.2 Å². The monoisotopic (exact) mass is 484 g/mol. The number of nitrogens with one attached hydrogen (secondary N) is 2. The topological polar surface area (TPSA) is 73.8 Å². The first-order valence-electron chi connectivity index (χ1n) is 10.6. The Hall–Kier alpha value is -2.50. The van der Waals surface area contributed by atoms with E-state index in [4.69, 9.17) is 0 Å². The maximum Gasteiger partial charge on any atom is 0.416 e. The highest BCUT2D eigenvalue weighted by Crippen LogP contribution is 2.30. The summed E-state index contributed by atoms with van der Waals surface area (Å²) in [6.45, 7) is 2.02. The molecule has 0 radical (unpaired) electrons. The summed E-state index contributed by atoms with van der Waals surface area (Å²) < 4.78 is 78.7. The van der Waals surface area contributed by atoms with Crippen molar-refractivity contribution < 1.29 is 26.0 Å². The number of hydrogen-bond donors (Lipinski definition) is 2. The van der Waals surface area contributed by atoms with Crippen LogP contribution in [0.15, 0.2) is 58.4 Å². The standard InChI is InChI=1S/C22H24F4N4O2S/c23-18-5-7-19(8-6-18)33(31,32)30-13-9-21(10-14-30)20(27-11-12-29-21)28-15-16-1-3-17(4-2-16)22(24,25)26/h1-8,29H,9-15H2,(H,27,28). The fourth-order valence-corrected chi connectivity index (χ4v) is 5.64. The molecule has 0 bridgehead atoms. The first-order valence-corrected chi connectivity index (χ1v) is 12.0. The van der Waals surface area contributed by atoms with Crippen molar-refractivity contribution in [3.8, 4) is 0 Å². The summed E-state index contributed by atoms with van der Waals surface area (Å²) in [4.78, 5) is 4.63. The van der Waals surface area contributed by atoms with Crippen LogP contribution < -0.4 is 10.6 Å². The molecule has 2 N–H and O–H groups in total. The van der Waals surface area contributed by atoms with E-state index in [2.05, 4.69) is 15.6 Å². The lowest BCUT2D eigenvalue weighted by molar-refractivity contribution is -0.137. The molecule has 6 nitrogen and oxygen atoms in total. The van der Waals surface area contributed by atoms with E-state index in [1.807, 2.05) is 0 Å². The number of rotatable bonds is 4. The van der Waals surface area contributed by atoms with Crippen molar-refractivity contribution in [3.63, 3.8) is 0 Å². The quantitative estimate of drug-likeness (QED) is 0.654. The molecule has 0 atom stereocenters. The van der Waals surface area contributed by atoms with Gasteiger partial charge >= 0.3 is 6.18 Å². The SMILES string of the molecule is O=S(=O)(c1ccc(F)cc1)N1CCC2(CC1)NCCN=C2NCc1ccc(C(F)(F)F)cc1. The van der Waals surface area contributed by atoms with Crippen LogP contribution in [0.5, 0.6) is 0 Å². The van der Waals surface area contributed by atoms with Crippen LogP contribution in [-0.4, -0.2) is 50.3 Å². The zero-order valence-corrected chi connectivity index (χ0v) is 18.5. The number of sulfonamides is 1. The Balaban J connectivity index is 1.42. The van der Waals surface area contributed by atoms with Gasteiger partial charge in [0.15, 0.2) is 0 Å². The summed E-state index contributed by atoms with van der Waals surface area (Å²) in [5, 5.41) is 6.70. The second-order valence-corrected chi connectivity index (χ2v) is 10.1. The third-order valence-electron chi connectivity index (χ3n) is 6.07. The summed E-state index contributed by atoms with van der Waals surface area (Å²) in [5.41, 5.74) is -0.546. The van der Waals surface area contributed by atoms with E-state index in [0.717, 1.165) is 24.3 Å². The number of amidine groups is 1. The molecule has 33 heavy (non-hydrogen) atoms. The average Bonchev–Trinajstić information content (AvgIpc) is 2.79. The van der Waals surface area contributed by atoms with Gasteiger partial charge in [-0.2, -0.15) is 17.5 Å². The van der Waals surface area contributed by atoms with Crippen LogP contribution in [0.25, 0.3) is 0 Å². The molecular formula is C22H24F4N4O2S. The highest BCUT2D eigenvalue weighted by Gasteiger charge is 2.43. The van der Waals surface area contributed by atoms with Crippen molar-refractivity contribution in [1.29, 1.82) is 0 Å². The first kappa shape index (κ1) is 23.7. The Labute approximate surface area is 189 Å². The van der Waals surface area contributed by atoms with Gasteiger partial charge in [-0.05, 0) is 54.8 Å². The Kier molecular flexibility index (Phi) is 6.47. The molecule has 1 fully saturated rings. The van der Waals surface area contributed by atoms with Crippen molar-refractivity contribution in [1.82, 2.24) is 14.9 Å². The van der Waals surface area contributed by atoms with Gasteiger partial charge in [0.1, 0.15) is 11.7 Å². The minimum Gasteiger partial charge on any atom is -0.368 e. The molecule has 4 rings (SSSR count). The van der Waals surface area contributed by atoms with Crippen LogP contribution in [0.2, 0.25) is 0 Å². The molecule has 1 saturated heterocycles. The Morgan fingerprint density at radius 3 is 2.27 bits per heavy atom. The molecule has 2 aromatic rings. The maximum atomic E-state index is 13.2. The molecule has 11 heteroatoms. The van der Waals surface area contributed by atoms with Gasteiger partial charge in [0.05, 0.1) is 22.5 Å². The van der Waals surface area contributed by atoms with Crippen molar-refractivity contribution in [2.45, 2.75) is 36.0 Å².